The Hall–Kier alpha value is -5.36. The van der Waals surface area contributed by atoms with Crippen molar-refractivity contribution >= 4 is 102 Å². The smallest absolute Gasteiger partial charge is 0.163 e. The summed E-state index contributed by atoms with van der Waals surface area (Å²) >= 11 is 14.7. The minimum atomic E-state index is -2.91. The Morgan fingerprint density at radius 2 is 0.700 bits per heavy atom. The average molecular weight is 857 g/mol. The number of ether oxygens (including phenoxy) is 4. The molecule has 0 spiro atoms. The summed E-state index contributed by atoms with van der Waals surface area (Å²) in [4.78, 5) is 4.69. The predicted octanol–water partition coefficient (Wildman–Crippen LogP) is 11.8. The largest absolute Gasteiger partial charge is 0.456 e. The fourth-order valence-electron chi connectivity index (χ4n) is 10.1. The van der Waals surface area contributed by atoms with Crippen LogP contribution in [-0.2, 0) is 34.4 Å². The molecule has 2 atom stereocenters. The van der Waals surface area contributed by atoms with Gasteiger partial charge in [-0.15, -0.1) is 0 Å². The first kappa shape index (κ1) is 35.4. The van der Waals surface area contributed by atoms with Crippen LogP contribution >= 0.6 is 12.1 Å². The van der Waals surface area contributed by atoms with Crippen molar-refractivity contribution in [2.75, 3.05) is 9.80 Å². The van der Waals surface area contributed by atoms with E-state index in [0.29, 0.717) is 0 Å². The molecule has 0 N–H and O–H groups in total. The number of nitrogens with zero attached hydrogens (tertiary/aromatic N) is 2. The highest BCUT2D eigenvalue weighted by Gasteiger charge is 2.58. The molecule has 0 saturated carbocycles. The lowest BCUT2D eigenvalue weighted by Gasteiger charge is -2.51. The number of hydrogen-bond acceptors (Lipinski definition) is 8. The third-order valence-electron chi connectivity index (χ3n) is 12.9. The van der Waals surface area contributed by atoms with Crippen LogP contribution in [-0.4, -0.2) is 0 Å². The SMILES string of the molecule is CC(C)(C)c1ccc(N2c3cccc4c3P3(=S)c5c(cccc5Oc5c6c7c(c2c53)Oc2cccc3c2P7(=S)c2c(cccc2N6c2ccc(C(C)(C)C)cc2)O3)O4)cc1. The van der Waals surface area contributed by atoms with Crippen LogP contribution in [0.1, 0.15) is 52.7 Å². The summed E-state index contributed by atoms with van der Waals surface area (Å²) in [6.07, 6.45) is 0. The monoisotopic (exact) mass is 856 g/mol. The van der Waals surface area contributed by atoms with E-state index >= 15 is 0 Å². The van der Waals surface area contributed by atoms with Crippen LogP contribution in [0.2, 0.25) is 0 Å². The van der Waals surface area contributed by atoms with E-state index in [4.69, 9.17) is 42.6 Å². The molecule has 0 bridgehead atoms. The maximum Gasteiger partial charge on any atom is 0.163 e. The molecule has 6 heterocycles. The average Bonchev–Trinajstić information content (AvgIpc) is 3.21. The topological polar surface area (TPSA) is 43.4 Å². The molecule has 6 aliphatic heterocycles. The second kappa shape index (κ2) is 11.3. The number of fused-ring (bicyclic) bond motifs is 2. The van der Waals surface area contributed by atoms with Gasteiger partial charge in [-0.2, -0.15) is 0 Å². The maximum atomic E-state index is 7.45. The Morgan fingerprint density at radius 3 is 1.05 bits per heavy atom. The Morgan fingerprint density at radius 1 is 0.383 bits per heavy atom. The number of anilines is 6. The van der Waals surface area contributed by atoms with Crippen LogP contribution in [0.3, 0.4) is 0 Å². The minimum Gasteiger partial charge on any atom is -0.456 e. The summed E-state index contributed by atoms with van der Waals surface area (Å²) in [6, 6.07) is 36.8. The zero-order valence-electron chi connectivity index (χ0n) is 33.8. The van der Waals surface area contributed by atoms with Crippen molar-refractivity contribution in [1.29, 1.82) is 0 Å². The Labute approximate surface area is 359 Å². The summed E-state index contributed by atoms with van der Waals surface area (Å²) in [5.41, 5.74) is 8.14. The normalized spacial score (nSPS) is 19.9. The van der Waals surface area contributed by atoms with Gasteiger partial charge >= 0.3 is 0 Å². The molecular weight excluding hydrogens is 819 g/mol. The third kappa shape index (κ3) is 4.21. The summed E-state index contributed by atoms with van der Waals surface area (Å²) in [7, 11) is 0. The molecule has 10 heteroatoms. The Bertz CT molecular complexity index is 3040. The molecule has 2 unspecified atom stereocenters. The van der Waals surface area contributed by atoms with Crippen molar-refractivity contribution in [3.63, 3.8) is 0 Å². The van der Waals surface area contributed by atoms with E-state index in [2.05, 4.69) is 136 Å². The van der Waals surface area contributed by atoms with Crippen molar-refractivity contribution in [1.82, 2.24) is 0 Å². The van der Waals surface area contributed by atoms with Crippen molar-refractivity contribution in [2.24, 2.45) is 0 Å². The van der Waals surface area contributed by atoms with E-state index < -0.39 is 12.1 Å². The molecule has 0 radical (unpaired) electrons. The van der Waals surface area contributed by atoms with Crippen LogP contribution in [0.4, 0.5) is 34.1 Å². The number of rotatable bonds is 2. The van der Waals surface area contributed by atoms with Crippen molar-refractivity contribution in [3.05, 3.63) is 132 Å². The lowest BCUT2D eigenvalue weighted by Crippen LogP contribution is -2.48. The van der Waals surface area contributed by atoms with Gasteiger partial charge in [-0.05, 0) is 94.8 Å². The second-order valence-corrected chi connectivity index (χ2v) is 26.8. The highest BCUT2D eigenvalue weighted by Crippen LogP contribution is 2.73. The molecule has 0 amide bonds. The van der Waals surface area contributed by atoms with Crippen LogP contribution in [0.25, 0.3) is 0 Å². The van der Waals surface area contributed by atoms with Gasteiger partial charge in [-0.25, -0.2) is 0 Å². The number of hydrogen-bond donors (Lipinski definition) is 0. The Balaban J connectivity index is 1.23. The van der Waals surface area contributed by atoms with Gasteiger partial charge < -0.3 is 28.7 Å². The summed E-state index contributed by atoms with van der Waals surface area (Å²) in [6.45, 7) is 13.5. The molecule has 0 aliphatic carbocycles. The minimum absolute atomic E-state index is 0.0289. The predicted molar refractivity (Wildman–Crippen MR) is 253 cm³/mol. The lowest BCUT2D eigenvalue weighted by atomic mass is 9.87. The second-order valence-electron chi connectivity index (χ2n) is 18.4. The summed E-state index contributed by atoms with van der Waals surface area (Å²) in [5.74, 6) is 5.93. The molecule has 7 aromatic rings. The van der Waals surface area contributed by atoms with E-state index in [-0.39, 0.29) is 10.8 Å². The van der Waals surface area contributed by atoms with Crippen LogP contribution in [0.5, 0.6) is 46.0 Å². The van der Waals surface area contributed by atoms with Crippen molar-refractivity contribution in [3.8, 4) is 46.0 Å². The van der Waals surface area contributed by atoms with Crippen molar-refractivity contribution < 1.29 is 18.9 Å². The molecule has 6 nitrogen and oxygen atoms in total. The Kier molecular flexibility index (Phi) is 6.67. The highest BCUT2D eigenvalue weighted by molar-refractivity contribution is 8.27. The fourth-order valence-corrected chi connectivity index (χ4v) is 20.1. The first-order chi connectivity index (χ1) is 28.8. The summed E-state index contributed by atoms with van der Waals surface area (Å²) < 4.78 is 28.5. The van der Waals surface area contributed by atoms with Gasteiger partial charge in [0, 0.05) is 11.4 Å². The van der Waals surface area contributed by atoms with Gasteiger partial charge in [0.2, 0.25) is 0 Å². The lowest BCUT2D eigenvalue weighted by molar-refractivity contribution is 0.459. The van der Waals surface area contributed by atoms with E-state index in [1.807, 2.05) is 36.4 Å². The molecule has 13 rings (SSSR count). The molecule has 0 fully saturated rings. The van der Waals surface area contributed by atoms with E-state index in [9.17, 15) is 0 Å². The first-order valence-electron chi connectivity index (χ1n) is 20.3. The van der Waals surface area contributed by atoms with Crippen LogP contribution in [0, 0.1) is 0 Å². The van der Waals surface area contributed by atoms with Crippen LogP contribution in [0.15, 0.2) is 121 Å². The molecule has 6 aliphatic rings. The molecule has 0 aromatic heterocycles. The van der Waals surface area contributed by atoms with Gasteiger partial charge in [0.05, 0.1) is 55.3 Å². The number of benzene rings is 7. The van der Waals surface area contributed by atoms with Gasteiger partial charge in [0.25, 0.3) is 0 Å². The maximum absolute atomic E-state index is 7.45. The zero-order chi connectivity index (χ0) is 40.8. The van der Waals surface area contributed by atoms with Gasteiger partial charge in [-0.1, -0.05) is 114 Å². The molecular formula is C50H38N2O4P2S2. The fraction of sp³-hybridized carbons (Fsp3) is 0.160. The van der Waals surface area contributed by atoms with Crippen LogP contribution < -0.4 is 60.6 Å². The zero-order valence-corrected chi connectivity index (χ0v) is 37.2. The van der Waals surface area contributed by atoms with E-state index in [0.717, 1.165) is 112 Å². The summed E-state index contributed by atoms with van der Waals surface area (Å²) in [5, 5.41) is 5.85. The first-order valence-corrected chi connectivity index (χ1v) is 25.9. The third-order valence-corrected chi connectivity index (χ3v) is 22.5. The van der Waals surface area contributed by atoms with Gasteiger partial charge in [-0.3, -0.25) is 0 Å². The van der Waals surface area contributed by atoms with Crippen molar-refractivity contribution in [2.45, 2.75) is 52.4 Å². The quantitative estimate of drug-likeness (QED) is 0.159. The standard InChI is InChI=1S/C50H38N2O4P2S2/c1-49(2,3)27-19-23-29(24-20-27)51-31-11-7-13-33-43(31)57(59)45-35(53-33)15-10-18-38(45)56-42-40-48-41(39(51)47(42)57)55-37-17-9-16-36-46(37)58(48,60)44-32(12-8-14-34(44)54-36)52(40)30-25-21-28(22-26-30)50(4,5)6/h7-26H,1-6H3. The van der Waals surface area contributed by atoms with E-state index in [1.165, 1.54) is 11.1 Å². The molecule has 60 heavy (non-hydrogen) atoms. The highest BCUT2D eigenvalue weighted by atomic mass is 32.4. The van der Waals surface area contributed by atoms with E-state index in [1.54, 1.807) is 0 Å². The molecule has 7 aromatic carbocycles. The molecule has 294 valence electrons. The molecule has 0 saturated heterocycles. The van der Waals surface area contributed by atoms with Gasteiger partial charge in [0.15, 0.2) is 11.5 Å². The van der Waals surface area contributed by atoms with Gasteiger partial charge in [0.1, 0.15) is 45.9 Å².